The fourth-order valence-electron chi connectivity index (χ4n) is 1.35. The van der Waals surface area contributed by atoms with E-state index in [0.717, 1.165) is 0 Å². The van der Waals surface area contributed by atoms with Crippen molar-refractivity contribution >= 4 is 17.9 Å². The Morgan fingerprint density at radius 1 is 1.50 bits per heavy atom. The number of carbonyl (C=O) groups excluding carboxylic acids is 1. The highest BCUT2D eigenvalue weighted by atomic mass is 19.1. The molecule has 0 bridgehead atoms. The SMILES string of the molecule is Cc1cc(NC(=O)CO/N=C/c2ccc(F)cc2)no1. The number of nitrogens with one attached hydrogen (secondary N) is 1. The summed E-state index contributed by atoms with van der Waals surface area (Å²) in [6.07, 6.45) is 1.38. The Hall–Kier alpha value is -2.70. The van der Waals surface area contributed by atoms with E-state index in [9.17, 15) is 9.18 Å². The third-order valence-electron chi connectivity index (χ3n) is 2.24. The van der Waals surface area contributed by atoms with Gasteiger partial charge in [-0.2, -0.15) is 0 Å². The predicted molar refractivity (Wildman–Crippen MR) is 69.8 cm³/mol. The van der Waals surface area contributed by atoms with E-state index >= 15 is 0 Å². The maximum atomic E-state index is 12.6. The summed E-state index contributed by atoms with van der Waals surface area (Å²) >= 11 is 0. The number of halogens is 1. The lowest BCUT2D eigenvalue weighted by Crippen LogP contribution is -2.17. The van der Waals surface area contributed by atoms with Crippen LogP contribution in [0.25, 0.3) is 0 Å². The van der Waals surface area contributed by atoms with E-state index in [1.165, 1.54) is 18.3 Å². The Morgan fingerprint density at radius 2 is 2.25 bits per heavy atom. The summed E-state index contributed by atoms with van der Waals surface area (Å²) in [5.74, 6) is 0.175. The van der Waals surface area contributed by atoms with Crippen LogP contribution in [-0.4, -0.2) is 23.9 Å². The third-order valence-corrected chi connectivity index (χ3v) is 2.24. The number of benzene rings is 1. The van der Waals surface area contributed by atoms with Crippen molar-refractivity contribution in [3.05, 3.63) is 47.5 Å². The summed E-state index contributed by atoms with van der Waals surface area (Å²) in [6.45, 7) is 1.45. The predicted octanol–water partition coefficient (Wildman–Crippen LogP) is 2.11. The molecule has 1 aromatic carbocycles. The number of hydrogen-bond donors (Lipinski definition) is 1. The third kappa shape index (κ3) is 4.20. The van der Waals surface area contributed by atoms with Gasteiger partial charge in [0.25, 0.3) is 5.91 Å². The number of rotatable bonds is 5. The highest BCUT2D eigenvalue weighted by molar-refractivity contribution is 5.90. The van der Waals surface area contributed by atoms with Crippen LogP contribution in [0.5, 0.6) is 0 Å². The van der Waals surface area contributed by atoms with Crippen molar-refractivity contribution < 1.29 is 18.5 Å². The smallest absolute Gasteiger partial charge is 0.266 e. The number of anilines is 1. The second-order valence-electron chi connectivity index (χ2n) is 3.93. The number of aromatic nitrogens is 1. The fraction of sp³-hybridized carbons (Fsp3) is 0.154. The minimum atomic E-state index is -0.408. The molecule has 2 aromatic rings. The molecule has 0 atom stereocenters. The molecule has 0 aliphatic heterocycles. The summed E-state index contributed by atoms with van der Waals surface area (Å²) in [5, 5.41) is 9.69. The van der Waals surface area contributed by atoms with Gasteiger partial charge < -0.3 is 14.7 Å². The molecule has 0 radical (unpaired) electrons. The molecule has 1 heterocycles. The molecule has 0 aliphatic rings. The number of aryl methyl sites for hydroxylation is 1. The van der Waals surface area contributed by atoms with Gasteiger partial charge >= 0.3 is 0 Å². The lowest BCUT2D eigenvalue weighted by atomic mass is 10.2. The van der Waals surface area contributed by atoms with Gasteiger partial charge in [-0.3, -0.25) is 4.79 Å². The summed E-state index contributed by atoms with van der Waals surface area (Å²) in [6, 6.07) is 7.28. The highest BCUT2D eigenvalue weighted by Crippen LogP contribution is 2.06. The van der Waals surface area contributed by atoms with E-state index in [1.54, 1.807) is 25.1 Å². The normalized spacial score (nSPS) is 10.7. The molecule has 0 spiro atoms. The quantitative estimate of drug-likeness (QED) is 0.670. The maximum Gasteiger partial charge on any atom is 0.266 e. The Labute approximate surface area is 114 Å². The highest BCUT2D eigenvalue weighted by Gasteiger charge is 2.05. The summed E-state index contributed by atoms with van der Waals surface area (Å²) in [4.78, 5) is 16.3. The van der Waals surface area contributed by atoms with E-state index in [2.05, 4.69) is 15.6 Å². The van der Waals surface area contributed by atoms with Crippen LogP contribution < -0.4 is 5.32 Å². The number of hydrogen-bond acceptors (Lipinski definition) is 5. The first-order valence-electron chi connectivity index (χ1n) is 5.77. The average Bonchev–Trinajstić information content (AvgIpc) is 2.82. The Kier molecular flexibility index (Phi) is 4.43. The van der Waals surface area contributed by atoms with Crippen LogP contribution in [0, 0.1) is 12.7 Å². The van der Waals surface area contributed by atoms with E-state index in [-0.39, 0.29) is 12.4 Å². The molecule has 20 heavy (non-hydrogen) atoms. The molecule has 0 aliphatic carbocycles. The molecule has 1 amide bonds. The van der Waals surface area contributed by atoms with Gasteiger partial charge in [0.15, 0.2) is 12.4 Å². The van der Waals surface area contributed by atoms with Crippen LogP contribution in [0.3, 0.4) is 0 Å². The Bertz CT molecular complexity index is 608. The average molecular weight is 277 g/mol. The molecule has 1 aromatic heterocycles. The Morgan fingerprint density at radius 3 is 2.90 bits per heavy atom. The molecule has 1 N–H and O–H groups in total. The van der Waals surface area contributed by atoms with Crippen molar-refractivity contribution in [2.24, 2.45) is 5.16 Å². The van der Waals surface area contributed by atoms with E-state index in [4.69, 9.17) is 9.36 Å². The van der Waals surface area contributed by atoms with Crippen molar-refractivity contribution in [1.82, 2.24) is 5.16 Å². The molecule has 2 rings (SSSR count). The summed E-state index contributed by atoms with van der Waals surface area (Å²) in [7, 11) is 0. The fourth-order valence-corrected chi connectivity index (χ4v) is 1.35. The first-order chi connectivity index (χ1) is 9.63. The maximum absolute atomic E-state index is 12.6. The van der Waals surface area contributed by atoms with Crippen LogP contribution in [0.1, 0.15) is 11.3 Å². The lowest BCUT2D eigenvalue weighted by Gasteiger charge is -1.99. The van der Waals surface area contributed by atoms with Gasteiger partial charge in [-0.25, -0.2) is 4.39 Å². The monoisotopic (exact) mass is 277 g/mol. The molecule has 0 saturated heterocycles. The van der Waals surface area contributed by atoms with E-state index in [0.29, 0.717) is 17.1 Å². The van der Waals surface area contributed by atoms with E-state index in [1.807, 2.05) is 0 Å². The van der Waals surface area contributed by atoms with Gasteiger partial charge in [0.2, 0.25) is 0 Å². The van der Waals surface area contributed by atoms with Crippen molar-refractivity contribution in [2.75, 3.05) is 11.9 Å². The van der Waals surface area contributed by atoms with Gasteiger partial charge in [0, 0.05) is 6.07 Å². The number of carbonyl (C=O) groups is 1. The first-order valence-corrected chi connectivity index (χ1v) is 5.77. The Balaban J connectivity index is 1.75. The van der Waals surface area contributed by atoms with Crippen molar-refractivity contribution in [3.8, 4) is 0 Å². The number of oxime groups is 1. The van der Waals surface area contributed by atoms with Crippen molar-refractivity contribution in [1.29, 1.82) is 0 Å². The number of amides is 1. The van der Waals surface area contributed by atoms with Crippen LogP contribution in [0.2, 0.25) is 0 Å². The topological polar surface area (TPSA) is 76.7 Å². The van der Waals surface area contributed by atoms with Gasteiger partial charge in [-0.05, 0) is 24.6 Å². The minimum Gasteiger partial charge on any atom is -0.386 e. The molecule has 0 fully saturated rings. The van der Waals surface area contributed by atoms with E-state index < -0.39 is 5.91 Å². The van der Waals surface area contributed by atoms with Gasteiger partial charge in [0.1, 0.15) is 11.6 Å². The molecule has 104 valence electrons. The lowest BCUT2D eigenvalue weighted by molar-refractivity contribution is -0.120. The zero-order valence-electron chi connectivity index (χ0n) is 10.7. The number of nitrogens with zero attached hydrogens (tertiary/aromatic N) is 2. The zero-order chi connectivity index (χ0) is 14.4. The van der Waals surface area contributed by atoms with Crippen LogP contribution >= 0.6 is 0 Å². The minimum absolute atomic E-state index is 0.260. The van der Waals surface area contributed by atoms with Gasteiger partial charge in [0.05, 0.1) is 6.21 Å². The molecule has 0 saturated carbocycles. The second-order valence-corrected chi connectivity index (χ2v) is 3.93. The summed E-state index contributed by atoms with van der Waals surface area (Å²) < 4.78 is 17.4. The molecular weight excluding hydrogens is 265 g/mol. The molecule has 0 unspecified atom stereocenters. The molecule has 6 nitrogen and oxygen atoms in total. The van der Waals surface area contributed by atoms with Gasteiger partial charge in [-0.1, -0.05) is 22.4 Å². The zero-order valence-corrected chi connectivity index (χ0v) is 10.7. The molecule has 7 heteroatoms. The molecular formula is C13H12FN3O3. The largest absolute Gasteiger partial charge is 0.386 e. The van der Waals surface area contributed by atoms with Crippen LogP contribution in [0.15, 0.2) is 40.0 Å². The first kappa shape index (κ1) is 13.7. The van der Waals surface area contributed by atoms with Gasteiger partial charge in [-0.15, -0.1) is 0 Å². The summed E-state index contributed by atoms with van der Waals surface area (Å²) in [5.41, 5.74) is 0.666. The van der Waals surface area contributed by atoms with Crippen molar-refractivity contribution in [3.63, 3.8) is 0 Å². The van der Waals surface area contributed by atoms with Crippen LogP contribution in [0.4, 0.5) is 10.2 Å². The van der Waals surface area contributed by atoms with Crippen molar-refractivity contribution in [2.45, 2.75) is 6.92 Å². The standard InChI is InChI=1S/C13H12FN3O3/c1-9-6-12(17-20-9)16-13(18)8-19-15-7-10-2-4-11(14)5-3-10/h2-7H,8H2,1H3,(H,16,17,18)/b15-7+. The van der Waals surface area contributed by atoms with Crippen LogP contribution in [-0.2, 0) is 9.63 Å². The second kappa shape index (κ2) is 6.46.